The number of carbonyl (C=O) groups is 2. The lowest BCUT2D eigenvalue weighted by Crippen LogP contribution is -2.57. The predicted octanol–water partition coefficient (Wildman–Crippen LogP) is 0.890. The molecule has 126 valence electrons. The molecule has 2 fully saturated rings. The summed E-state index contributed by atoms with van der Waals surface area (Å²) in [5.74, 6) is -2.27. The lowest BCUT2D eigenvalue weighted by atomic mass is 10.0. The Labute approximate surface area is 139 Å². The van der Waals surface area contributed by atoms with E-state index in [1.165, 1.54) is 11.0 Å². The molecule has 0 atom stereocenters. The SMILES string of the molecule is Cl.O=C(c1c(F)cccc1F)N1CCN(C(=O)C2CNC2)CC1. The van der Waals surface area contributed by atoms with Crippen molar-refractivity contribution in [2.75, 3.05) is 39.3 Å². The van der Waals surface area contributed by atoms with E-state index >= 15 is 0 Å². The summed E-state index contributed by atoms with van der Waals surface area (Å²) in [6.07, 6.45) is 0. The van der Waals surface area contributed by atoms with Crippen molar-refractivity contribution in [2.24, 2.45) is 5.92 Å². The van der Waals surface area contributed by atoms with Gasteiger partial charge < -0.3 is 15.1 Å². The largest absolute Gasteiger partial charge is 0.339 e. The standard InChI is InChI=1S/C15H17F2N3O2.ClH/c16-11-2-1-3-12(17)13(11)15(22)20-6-4-19(5-7-20)14(21)10-8-18-9-10;/h1-3,10,18H,4-9H2;1H. The molecule has 3 rings (SSSR count). The number of nitrogens with zero attached hydrogens (tertiary/aromatic N) is 2. The first-order chi connectivity index (χ1) is 10.6. The van der Waals surface area contributed by atoms with Gasteiger partial charge in [-0.2, -0.15) is 0 Å². The zero-order valence-electron chi connectivity index (χ0n) is 12.4. The van der Waals surface area contributed by atoms with Crippen LogP contribution in [0.1, 0.15) is 10.4 Å². The molecule has 2 aliphatic rings. The summed E-state index contributed by atoms with van der Waals surface area (Å²) in [7, 11) is 0. The van der Waals surface area contributed by atoms with Crippen LogP contribution in [0.25, 0.3) is 0 Å². The molecular formula is C15H18ClF2N3O2. The Balaban J connectivity index is 0.00000192. The Kier molecular flexibility index (Phi) is 5.54. The summed E-state index contributed by atoms with van der Waals surface area (Å²) in [4.78, 5) is 27.5. The van der Waals surface area contributed by atoms with Gasteiger partial charge >= 0.3 is 0 Å². The van der Waals surface area contributed by atoms with Gasteiger partial charge in [0.1, 0.15) is 17.2 Å². The average Bonchev–Trinajstić information content (AvgIpc) is 2.45. The van der Waals surface area contributed by atoms with Crippen LogP contribution in [-0.4, -0.2) is 60.9 Å². The fourth-order valence-electron chi connectivity index (χ4n) is 2.71. The molecule has 1 aromatic rings. The lowest BCUT2D eigenvalue weighted by molar-refractivity contribution is -0.138. The Hall–Kier alpha value is -1.73. The molecule has 2 heterocycles. The Bertz CT molecular complexity index is 582. The molecule has 0 unspecified atom stereocenters. The maximum absolute atomic E-state index is 13.7. The van der Waals surface area contributed by atoms with Crippen molar-refractivity contribution in [1.82, 2.24) is 15.1 Å². The fraction of sp³-hybridized carbons (Fsp3) is 0.467. The third-order valence-electron chi connectivity index (χ3n) is 4.19. The van der Waals surface area contributed by atoms with Crippen LogP contribution in [0.3, 0.4) is 0 Å². The van der Waals surface area contributed by atoms with E-state index < -0.39 is 23.1 Å². The van der Waals surface area contributed by atoms with E-state index in [2.05, 4.69) is 5.32 Å². The van der Waals surface area contributed by atoms with E-state index in [4.69, 9.17) is 0 Å². The van der Waals surface area contributed by atoms with Gasteiger partial charge in [-0.15, -0.1) is 12.4 Å². The average molecular weight is 346 g/mol. The third kappa shape index (κ3) is 3.45. The van der Waals surface area contributed by atoms with Crippen LogP contribution in [0, 0.1) is 17.6 Å². The van der Waals surface area contributed by atoms with Gasteiger partial charge in [-0.1, -0.05) is 6.07 Å². The molecule has 0 spiro atoms. The monoisotopic (exact) mass is 345 g/mol. The number of halogens is 3. The van der Waals surface area contributed by atoms with Gasteiger partial charge in [0.25, 0.3) is 5.91 Å². The number of piperazine rings is 1. The summed E-state index contributed by atoms with van der Waals surface area (Å²) < 4.78 is 27.3. The van der Waals surface area contributed by atoms with Crippen molar-refractivity contribution in [1.29, 1.82) is 0 Å². The third-order valence-corrected chi connectivity index (χ3v) is 4.19. The Morgan fingerprint density at radius 3 is 2.00 bits per heavy atom. The lowest BCUT2D eigenvalue weighted by Gasteiger charge is -2.38. The molecule has 0 bridgehead atoms. The number of nitrogens with one attached hydrogen (secondary N) is 1. The van der Waals surface area contributed by atoms with Crippen molar-refractivity contribution in [3.63, 3.8) is 0 Å². The highest BCUT2D eigenvalue weighted by Crippen LogP contribution is 2.17. The minimum atomic E-state index is -0.857. The molecule has 1 aromatic carbocycles. The highest BCUT2D eigenvalue weighted by atomic mass is 35.5. The molecule has 8 heteroatoms. The van der Waals surface area contributed by atoms with E-state index in [0.29, 0.717) is 39.3 Å². The van der Waals surface area contributed by atoms with Gasteiger partial charge in [0.05, 0.1) is 5.92 Å². The van der Waals surface area contributed by atoms with Gasteiger partial charge in [-0.3, -0.25) is 9.59 Å². The maximum atomic E-state index is 13.7. The van der Waals surface area contributed by atoms with Crippen LogP contribution in [0.5, 0.6) is 0 Å². The highest BCUT2D eigenvalue weighted by molar-refractivity contribution is 5.95. The molecule has 2 amide bonds. The number of rotatable bonds is 2. The summed E-state index contributed by atoms with van der Waals surface area (Å²) in [6, 6.07) is 3.37. The quantitative estimate of drug-likeness (QED) is 0.866. The topological polar surface area (TPSA) is 52.7 Å². The smallest absolute Gasteiger partial charge is 0.259 e. The zero-order chi connectivity index (χ0) is 15.7. The van der Waals surface area contributed by atoms with Gasteiger partial charge in [0.2, 0.25) is 5.91 Å². The van der Waals surface area contributed by atoms with Crippen molar-refractivity contribution in [2.45, 2.75) is 0 Å². The molecule has 0 radical (unpaired) electrons. The minimum Gasteiger partial charge on any atom is -0.339 e. The maximum Gasteiger partial charge on any atom is 0.259 e. The van der Waals surface area contributed by atoms with Crippen molar-refractivity contribution >= 4 is 24.2 Å². The van der Waals surface area contributed by atoms with Gasteiger partial charge in [-0.05, 0) is 12.1 Å². The highest BCUT2D eigenvalue weighted by Gasteiger charge is 2.33. The number of carbonyl (C=O) groups excluding carboxylic acids is 2. The zero-order valence-corrected chi connectivity index (χ0v) is 13.2. The number of hydrogen-bond acceptors (Lipinski definition) is 3. The molecule has 0 aliphatic carbocycles. The van der Waals surface area contributed by atoms with Crippen molar-refractivity contribution in [3.8, 4) is 0 Å². The van der Waals surface area contributed by atoms with Crippen molar-refractivity contribution in [3.05, 3.63) is 35.4 Å². The van der Waals surface area contributed by atoms with Gasteiger partial charge in [0, 0.05) is 39.3 Å². The predicted molar refractivity (Wildman–Crippen MR) is 82.4 cm³/mol. The van der Waals surface area contributed by atoms with Crippen LogP contribution in [0.15, 0.2) is 18.2 Å². The van der Waals surface area contributed by atoms with Crippen LogP contribution in [0.4, 0.5) is 8.78 Å². The molecule has 0 aromatic heterocycles. The first kappa shape index (κ1) is 17.6. The Morgan fingerprint density at radius 2 is 1.52 bits per heavy atom. The molecule has 2 saturated heterocycles. The molecule has 5 nitrogen and oxygen atoms in total. The first-order valence-electron chi connectivity index (χ1n) is 7.30. The van der Waals surface area contributed by atoms with Gasteiger partial charge in [0.15, 0.2) is 0 Å². The second-order valence-corrected chi connectivity index (χ2v) is 5.57. The van der Waals surface area contributed by atoms with E-state index in [-0.39, 0.29) is 24.2 Å². The van der Waals surface area contributed by atoms with Crippen LogP contribution >= 0.6 is 12.4 Å². The fourth-order valence-corrected chi connectivity index (χ4v) is 2.71. The van der Waals surface area contributed by atoms with Gasteiger partial charge in [-0.25, -0.2) is 8.78 Å². The number of amides is 2. The molecule has 1 N–H and O–H groups in total. The van der Waals surface area contributed by atoms with E-state index in [9.17, 15) is 18.4 Å². The van der Waals surface area contributed by atoms with E-state index in [0.717, 1.165) is 12.1 Å². The van der Waals surface area contributed by atoms with Crippen molar-refractivity contribution < 1.29 is 18.4 Å². The summed E-state index contributed by atoms with van der Waals surface area (Å²) in [5, 5.41) is 3.05. The van der Waals surface area contributed by atoms with Crippen LogP contribution < -0.4 is 5.32 Å². The Morgan fingerprint density at radius 1 is 1.00 bits per heavy atom. The van der Waals surface area contributed by atoms with Crippen LogP contribution in [0.2, 0.25) is 0 Å². The number of hydrogen-bond donors (Lipinski definition) is 1. The number of benzene rings is 1. The van der Waals surface area contributed by atoms with E-state index in [1.54, 1.807) is 4.90 Å². The van der Waals surface area contributed by atoms with Crippen LogP contribution in [-0.2, 0) is 4.79 Å². The second-order valence-electron chi connectivity index (χ2n) is 5.57. The minimum absolute atomic E-state index is 0. The molecular weight excluding hydrogens is 328 g/mol. The molecule has 23 heavy (non-hydrogen) atoms. The summed E-state index contributed by atoms with van der Waals surface area (Å²) in [5.41, 5.74) is -0.523. The summed E-state index contributed by atoms with van der Waals surface area (Å²) >= 11 is 0. The molecule has 0 saturated carbocycles. The molecule has 2 aliphatic heterocycles. The first-order valence-corrected chi connectivity index (χ1v) is 7.30. The normalized spacial score (nSPS) is 18.2. The van der Waals surface area contributed by atoms with E-state index in [1.807, 2.05) is 0 Å². The second kappa shape index (κ2) is 7.23. The summed E-state index contributed by atoms with van der Waals surface area (Å²) in [6.45, 7) is 2.77.